The van der Waals surface area contributed by atoms with Crippen molar-refractivity contribution in [2.24, 2.45) is 29.1 Å². The normalized spacial score (nSPS) is 46.8. The fraction of sp³-hybridized carbons (Fsp3) is 0.769. The molecule has 6 aliphatic rings. The number of nitrogens with zero attached hydrogens (tertiary/aromatic N) is 2. The van der Waals surface area contributed by atoms with E-state index in [2.05, 4.69) is 17.9 Å². The van der Waals surface area contributed by atoms with E-state index in [0.29, 0.717) is 23.7 Å². The van der Waals surface area contributed by atoms with Gasteiger partial charge in [0, 0.05) is 49.8 Å². The zero-order chi connectivity index (χ0) is 21.7. The minimum Gasteiger partial charge on any atom is -0.462 e. The summed E-state index contributed by atoms with van der Waals surface area (Å²) >= 11 is 0. The quantitative estimate of drug-likeness (QED) is 0.525. The van der Waals surface area contributed by atoms with Crippen LogP contribution in [0.4, 0.5) is 0 Å². The molecule has 8 atom stereocenters. The van der Waals surface area contributed by atoms with Gasteiger partial charge in [0.1, 0.15) is 6.10 Å². The van der Waals surface area contributed by atoms with Gasteiger partial charge in [-0.05, 0) is 61.8 Å². The lowest BCUT2D eigenvalue weighted by molar-refractivity contribution is -0.147. The van der Waals surface area contributed by atoms with Gasteiger partial charge in [-0.3, -0.25) is 9.59 Å². The van der Waals surface area contributed by atoms with Gasteiger partial charge in [-0.1, -0.05) is 13.0 Å². The third kappa shape index (κ3) is 2.84. The van der Waals surface area contributed by atoms with Gasteiger partial charge in [-0.2, -0.15) is 0 Å². The van der Waals surface area contributed by atoms with Gasteiger partial charge in [0.2, 0.25) is 0 Å². The number of ether oxygens (including phenoxy) is 2. The lowest BCUT2D eigenvalue weighted by Gasteiger charge is -2.52. The zero-order valence-corrected chi connectivity index (χ0v) is 19.0. The maximum atomic E-state index is 13.1. The summed E-state index contributed by atoms with van der Waals surface area (Å²) in [7, 11) is 0. The summed E-state index contributed by atoms with van der Waals surface area (Å²) in [4.78, 5) is 27.9. The molecule has 1 spiro atoms. The second-order valence-corrected chi connectivity index (χ2v) is 12.0. The zero-order valence-electron chi connectivity index (χ0n) is 19.0. The number of carbonyl (C=O) groups excluding carboxylic acids is 1. The number of epoxide rings is 1. The van der Waals surface area contributed by atoms with Crippen molar-refractivity contribution in [2.45, 2.75) is 69.6 Å². The van der Waals surface area contributed by atoms with E-state index in [0.717, 1.165) is 52.0 Å². The van der Waals surface area contributed by atoms with Crippen molar-refractivity contribution in [1.29, 1.82) is 0 Å². The molecule has 3 saturated heterocycles. The molecule has 0 amide bonds. The Morgan fingerprint density at radius 3 is 2.84 bits per heavy atom. The Bertz CT molecular complexity index is 1020. The number of esters is 1. The van der Waals surface area contributed by atoms with Crippen LogP contribution >= 0.6 is 0 Å². The molecular weight excluding hydrogens is 404 g/mol. The van der Waals surface area contributed by atoms with Crippen LogP contribution in [-0.2, 0) is 20.8 Å². The van der Waals surface area contributed by atoms with Gasteiger partial charge in [0.25, 0.3) is 5.56 Å². The molecule has 2 bridgehead atoms. The molecule has 6 nitrogen and oxygen atoms in total. The molecule has 1 aromatic heterocycles. The number of likely N-dealkylation sites (tertiary alicyclic amines) is 1. The van der Waals surface area contributed by atoms with Crippen LogP contribution in [0.1, 0.15) is 57.1 Å². The van der Waals surface area contributed by atoms with Crippen LogP contribution in [0.2, 0.25) is 0 Å². The molecule has 2 saturated carbocycles. The second-order valence-electron chi connectivity index (χ2n) is 12.0. The van der Waals surface area contributed by atoms with E-state index in [4.69, 9.17) is 9.47 Å². The van der Waals surface area contributed by atoms with Crippen molar-refractivity contribution in [3.8, 4) is 0 Å². The third-order valence-corrected chi connectivity index (χ3v) is 10.1. The van der Waals surface area contributed by atoms with Crippen LogP contribution < -0.4 is 5.56 Å². The van der Waals surface area contributed by atoms with Crippen molar-refractivity contribution in [3.63, 3.8) is 0 Å². The van der Waals surface area contributed by atoms with E-state index >= 15 is 0 Å². The molecule has 5 heterocycles. The predicted molar refractivity (Wildman–Crippen MR) is 118 cm³/mol. The Morgan fingerprint density at radius 2 is 2.00 bits per heavy atom. The molecule has 2 aliphatic carbocycles. The lowest BCUT2D eigenvalue weighted by atomic mass is 9.53. The first kappa shape index (κ1) is 19.8. The molecule has 5 fully saturated rings. The molecule has 6 unspecified atom stereocenters. The van der Waals surface area contributed by atoms with E-state index in [9.17, 15) is 9.59 Å². The summed E-state index contributed by atoms with van der Waals surface area (Å²) in [5.74, 6) is 1.80. The number of carbonyl (C=O) groups is 1. The fourth-order valence-electron chi connectivity index (χ4n) is 8.59. The van der Waals surface area contributed by atoms with E-state index in [-0.39, 0.29) is 34.6 Å². The largest absolute Gasteiger partial charge is 0.462 e. The van der Waals surface area contributed by atoms with Crippen molar-refractivity contribution in [2.75, 3.05) is 26.2 Å². The SMILES string of the molecule is CC12CCCC3(CO3)C1CC1C(C2)OC(=O)C1CN1C[C@H]2C[C@@H](C1)c1cccc(=O)n1C2. The number of piperidine rings is 1. The van der Waals surface area contributed by atoms with Crippen LogP contribution in [0.15, 0.2) is 23.0 Å². The van der Waals surface area contributed by atoms with Gasteiger partial charge < -0.3 is 18.9 Å². The number of pyridine rings is 1. The monoisotopic (exact) mass is 438 g/mol. The molecule has 4 aliphatic heterocycles. The van der Waals surface area contributed by atoms with Crippen LogP contribution in [0.3, 0.4) is 0 Å². The predicted octanol–water partition coefficient (Wildman–Crippen LogP) is 2.79. The molecule has 0 radical (unpaired) electrons. The first-order valence-electron chi connectivity index (χ1n) is 12.7. The van der Waals surface area contributed by atoms with Crippen LogP contribution in [0.5, 0.6) is 0 Å². The van der Waals surface area contributed by atoms with Crippen molar-refractivity contribution in [1.82, 2.24) is 9.47 Å². The smallest absolute Gasteiger partial charge is 0.310 e. The van der Waals surface area contributed by atoms with Gasteiger partial charge in [-0.15, -0.1) is 0 Å². The summed E-state index contributed by atoms with van der Waals surface area (Å²) in [6.45, 7) is 6.87. The number of hydrogen-bond acceptors (Lipinski definition) is 5. The summed E-state index contributed by atoms with van der Waals surface area (Å²) in [5, 5.41) is 0. The average molecular weight is 439 g/mol. The Morgan fingerprint density at radius 1 is 1.12 bits per heavy atom. The lowest BCUT2D eigenvalue weighted by Crippen LogP contribution is -2.52. The van der Waals surface area contributed by atoms with E-state index in [1.54, 1.807) is 6.07 Å². The molecule has 7 rings (SSSR count). The van der Waals surface area contributed by atoms with E-state index < -0.39 is 0 Å². The van der Waals surface area contributed by atoms with Crippen LogP contribution in [0, 0.1) is 29.1 Å². The molecule has 0 aromatic carbocycles. The van der Waals surface area contributed by atoms with Gasteiger partial charge in [0.15, 0.2) is 0 Å². The molecule has 6 heteroatoms. The summed E-state index contributed by atoms with van der Waals surface area (Å²) in [5.41, 5.74) is 1.66. The standard InChI is InChI=1S/C26H34N2O4/c1-25-6-3-7-26(15-31-26)22(25)9-18-19(24(30)32-21(18)10-25)14-27-11-16-8-17(13-27)20-4-2-5-23(29)28(20)12-16/h2,4-5,16-19,21-22H,3,6-15H2,1H3/t16-,17+,18?,19?,21?,22?,25?,26?/m1/s1. The molecule has 32 heavy (non-hydrogen) atoms. The minimum atomic E-state index is -0.0148. The van der Waals surface area contributed by atoms with Crippen molar-refractivity contribution in [3.05, 3.63) is 34.2 Å². The summed E-state index contributed by atoms with van der Waals surface area (Å²) < 4.78 is 14.1. The summed E-state index contributed by atoms with van der Waals surface area (Å²) in [6.07, 6.45) is 7.00. The third-order valence-electron chi connectivity index (χ3n) is 10.1. The Kier molecular flexibility index (Phi) is 4.14. The number of aromatic nitrogens is 1. The molecule has 1 aromatic rings. The van der Waals surface area contributed by atoms with Gasteiger partial charge >= 0.3 is 5.97 Å². The minimum absolute atomic E-state index is 0.0148. The molecule has 0 N–H and O–H groups in total. The average Bonchev–Trinajstić information content (AvgIpc) is 3.46. The Balaban J connectivity index is 1.11. The topological polar surface area (TPSA) is 64.1 Å². The Hall–Kier alpha value is -1.66. The van der Waals surface area contributed by atoms with Crippen molar-refractivity contribution >= 4 is 5.97 Å². The number of fused-ring (bicyclic) bond motifs is 7. The van der Waals surface area contributed by atoms with E-state index in [1.807, 2.05) is 10.6 Å². The highest BCUT2D eigenvalue weighted by Crippen LogP contribution is 2.62. The molecule has 172 valence electrons. The maximum Gasteiger partial charge on any atom is 0.310 e. The first-order chi connectivity index (χ1) is 15.4. The van der Waals surface area contributed by atoms with Gasteiger partial charge in [0.05, 0.1) is 18.1 Å². The maximum absolute atomic E-state index is 13.1. The summed E-state index contributed by atoms with van der Waals surface area (Å²) in [6, 6.07) is 5.69. The van der Waals surface area contributed by atoms with Crippen LogP contribution in [-0.4, -0.2) is 53.4 Å². The highest BCUT2D eigenvalue weighted by molar-refractivity contribution is 5.75. The highest BCUT2D eigenvalue weighted by Gasteiger charge is 2.65. The van der Waals surface area contributed by atoms with Crippen LogP contribution in [0.25, 0.3) is 0 Å². The second kappa shape index (κ2) is 6.69. The highest BCUT2D eigenvalue weighted by atomic mass is 16.6. The molecular formula is C26H34N2O4. The van der Waals surface area contributed by atoms with Gasteiger partial charge in [-0.25, -0.2) is 0 Å². The number of rotatable bonds is 2. The number of hydrogen-bond donors (Lipinski definition) is 0. The van der Waals surface area contributed by atoms with E-state index in [1.165, 1.54) is 25.0 Å². The van der Waals surface area contributed by atoms with Crippen molar-refractivity contribution < 1.29 is 14.3 Å². The first-order valence-corrected chi connectivity index (χ1v) is 12.7. The Labute approximate surface area is 189 Å². The fourth-order valence-corrected chi connectivity index (χ4v) is 8.59.